The summed E-state index contributed by atoms with van der Waals surface area (Å²) in [5, 5.41) is 31.3. The van der Waals surface area contributed by atoms with E-state index in [9.17, 15) is 29.9 Å². The molecule has 10 nitrogen and oxygen atoms in total. The molecule has 1 aromatic heterocycles. The number of carbonyl (C=O) groups is 1. The van der Waals surface area contributed by atoms with Crippen LogP contribution in [-0.4, -0.2) is 32.3 Å². The van der Waals surface area contributed by atoms with E-state index in [2.05, 4.69) is 4.99 Å². The molecule has 0 saturated heterocycles. The lowest BCUT2D eigenvalue weighted by Gasteiger charge is -2.24. The molecule has 2 N–H and O–H groups in total. The fourth-order valence-electron chi connectivity index (χ4n) is 3.90. The Labute approximate surface area is 202 Å². The van der Waals surface area contributed by atoms with Gasteiger partial charge >= 0.3 is 5.97 Å². The summed E-state index contributed by atoms with van der Waals surface area (Å²) in [6.07, 6.45) is 1.45. The van der Waals surface area contributed by atoms with Crippen LogP contribution in [0.4, 0.5) is 5.69 Å². The zero-order valence-electron chi connectivity index (χ0n) is 19.0. The summed E-state index contributed by atoms with van der Waals surface area (Å²) in [6, 6.07) is 7.53. The van der Waals surface area contributed by atoms with Gasteiger partial charge in [0.05, 0.1) is 33.4 Å². The van der Waals surface area contributed by atoms with Crippen LogP contribution >= 0.6 is 11.3 Å². The largest absolute Gasteiger partial charge is 0.508 e. The lowest BCUT2D eigenvalue weighted by Crippen LogP contribution is -2.40. The Morgan fingerprint density at radius 3 is 2.66 bits per heavy atom. The maximum absolute atomic E-state index is 13.5. The van der Waals surface area contributed by atoms with E-state index in [1.165, 1.54) is 28.8 Å². The predicted octanol–water partition coefficient (Wildman–Crippen LogP) is 2.43. The molecule has 2 heterocycles. The van der Waals surface area contributed by atoms with E-state index in [4.69, 9.17) is 4.74 Å². The summed E-state index contributed by atoms with van der Waals surface area (Å²) in [4.78, 5) is 42.3. The number of ether oxygens (including phenoxy) is 1. The lowest BCUT2D eigenvalue weighted by molar-refractivity contribution is -0.385. The van der Waals surface area contributed by atoms with Crippen molar-refractivity contribution in [1.29, 1.82) is 0 Å². The van der Waals surface area contributed by atoms with Crippen LogP contribution in [0.5, 0.6) is 11.5 Å². The van der Waals surface area contributed by atoms with Crippen LogP contribution in [0.15, 0.2) is 57.5 Å². The summed E-state index contributed by atoms with van der Waals surface area (Å²) in [5.74, 6) is -1.02. The van der Waals surface area contributed by atoms with Crippen LogP contribution in [-0.2, 0) is 9.53 Å². The number of carbonyl (C=O) groups excluding carboxylic acids is 1. The smallest absolute Gasteiger partial charge is 0.338 e. The van der Waals surface area contributed by atoms with E-state index in [-0.39, 0.29) is 33.9 Å². The highest BCUT2D eigenvalue weighted by molar-refractivity contribution is 7.07. The maximum Gasteiger partial charge on any atom is 0.338 e. The van der Waals surface area contributed by atoms with Crippen molar-refractivity contribution in [1.82, 2.24) is 4.57 Å². The Bertz CT molecular complexity index is 1580. The van der Waals surface area contributed by atoms with Gasteiger partial charge in [-0.1, -0.05) is 23.5 Å². The number of hydrogen-bond acceptors (Lipinski definition) is 9. The minimum absolute atomic E-state index is 0.0981. The van der Waals surface area contributed by atoms with Gasteiger partial charge in [0.2, 0.25) is 0 Å². The van der Waals surface area contributed by atoms with E-state index >= 15 is 0 Å². The molecule has 0 spiro atoms. The zero-order chi connectivity index (χ0) is 25.4. The van der Waals surface area contributed by atoms with Crippen LogP contribution < -0.4 is 14.9 Å². The number of esters is 1. The van der Waals surface area contributed by atoms with E-state index in [0.717, 1.165) is 17.4 Å². The number of aromatic hydroxyl groups is 2. The Hall–Kier alpha value is -4.25. The first-order chi connectivity index (χ1) is 16.6. The fraction of sp³-hybridized carbons (Fsp3) is 0.208. The molecule has 0 unspecified atom stereocenters. The molecular weight excluding hydrogens is 474 g/mol. The number of nitrogens with zero attached hydrogens (tertiary/aromatic N) is 3. The third-order valence-corrected chi connectivity index (χ3v) is 6.55. The van der Waals surface area contributed by atoms with Gasteiger partial charge in [-0.25, -0.2) is 9.79 Å². The zero-order valence-corrected chi connectivity index (χ0v) is 19.8. The van der Waals surface area contributed by atoms with E-state index in [1.54, 1.807) is 32.9 Å². The van der Waals surface area contributed by atoms with Crippen molar-refractivity contribution in [2.45, 2.75) is 26.8 Å². The summed E-state index contributed by atoms with van der Waals surface area (Å²) >= 11 is 1.05. The molecule has 4 rings (SSSR count). The second-order valence-electron chi connectivity index (χ2n) is 7.85. The number of nitro groups is 1. The van der Waals surface area contributed by atoms with Gasteiger partial charge in [0.25, 0.3) is 11.2 Å². The first-order valence-corrected chi connectivity index (χ1v) is 11.4. The average Bonchev–Trinajstić information content (AvgIpc) is 3.09. The van der Waals surface area contributed by atoms with Gasteiger partial charge in [0.15, 0.2) is 4.80 Å². The first kappa shape index (κ1) is 23.9. The Balaban J connectivity index is 2.00. The molecule has 1 aliphatic rings. The number of phenolic OH excluding ortho intramolecular Hbond substituents is 2. The second kappa shape index (κ2) is 9.18. The summed E-state index contributed by atoms with van der Waals surface area (Å²) in [7, 11) is 0. The number of allylic oxidation sites excluding steroid dienone is 1. The topological polar surface area (TPSA) is 144 Å². The highest BCUT2D eigenvalue weighted by Gasteiger charge is 2.34. The van der Waals surface area contributed by atoms with Crippen LogP contribution in [0.2, 0.25) is 0 Å². The summed E-state index contributed by atoms with van der Waals surface area (Å²) in [5.41, 5.74) is 0.901. The first-order valence-electron chi connectivity index (χ1n) is 10.6. The van der Waals surface area contributed by atoms with Crippen molar-refractivity contribution in [3.8, 4) is 11.5 Å². The van der Waals surface area contributed by atoms with E-state index in [1.807, 2.05) is 0 Å². The van der Waals surface area contributed by atoms with Gasteiger partial charge in [-0.3, -0.25) is 19.5 Å². The normalized spacial score (nSPS) is 15.5. The number of fused-ring (bicyclic) bond motifs is 1. The molecule has 0 aliphatic carbocycles. The minimum Gasteiger partial charge on any atom is -0.508 e. The quantitative estimate of drug-likeness (QED) is 0.314. The summed E-state index contributed by atoms with van der Waals surface area (Å²) < 4.78 is 6.75. The molecule has 0 radical (unpaired) electrons. The predicted molar refractivity (Wildman–Crippen MR) is 128 cm³/mol. The summed E-state index contributed by atoms with van der Waals surface area (Å²) in [6.45, 7) is 4.97. The molecule has 180 valence electrons. The molecule has 2 aromatic carbocycles. The minimum atomic E-state index is -1.000. The number of rotatable bonds is 5. The number of benzene rings is 2. The third-order valence-electron chi connectivity index (χ3n) is 5.56. The molecule has 3 aromatic rings. The van der Waals surface area contributed by atoms with Crippen molar-refractivity contribution < 1.29 is 24.7 Å². The molecule has 11 heteroatoms. The number of aryl methyl sites for hydroxylation is 1. The number of hydrogen-bond donors (Lipinski definition) is 2. The Morgan fingerprint density at radius 1 is 1.26 bits per heavy atom. The van der Waals surface area contributed by atoms with Crippen molar-refractivity contribution in [2.75, 3.05) is 6.61 Å². The molecule has 35 heavy (non-hydrogen) atoms. The van der Waals surface area contributed by atoms with Gasteiger partial charge in [0.1, 0.15) is 11.5 Å². The van der Waals surface area contributed by atoms with Crippen LogP contribution in [0.25, 0.3) is 6.08 Å². The van der Waals surface area contributed by atoms with Gasteiger partial charge < -0.3 is 14.9 Å². The van der Waals surface area contributed by atoms with Gasteiger partial charge in [-0.15, -0.1) is 0 Å². The van der Waals surface area contributed by atoms with Crippen molar-refractivity contribution in [3.05, 3.63) is 94.2 Å². The molecular formula is C24H21N3O7S. The standard InChI is InChI=1S/C24H21N3O7S/c1-4-34-23(31)20-13(3)25-24-26(21(20)15-6-5-12(2)17(9-15)27(32)33)22(30)19(35-24)10-14-7-8-16(28)11-18(14)29/h5-11,21,28-29H,4H2,1-3H3/b19-10+/t21-/m0/s1. The molecule has 0 bridgehead atoms. The van der Waals surface area contributed by atoms with Crippen LogP contribution in [0.3, 0.4) is 0 Å². The average molecular weight is 496 g/mol. The van der Waals surface area contributed by atoms with E-state index < -0.39 is 22.5 Å². The highest BCUT2D eigenvalue weighted by Crippen LogP contribution is 2.33. The number of thiazole rings is 1. The number of aromatic nitrogens is 1. The van der Waals surface area contributed by atoms with Crippen molar-refractivity contribution in [2.24, 2.45) is 4.99 Å². The molecule has 1 aliphatic heterocycles. The van der Waals surface area contributed by atoms with Crippen LogP contribution in [0.1, 0.15) is 36.6 Å². The van der Waals surface area contributed by atoms with E-state index in [0.29, 0.717) is 27.2 Å². The van der Waals surface area contributed by atoms with Crippen LogP contribution in [0, 0.1) is 17.0 Å². The Morgan fingerprint density at radius 2 is 2.00 bits per heavy atom. The highest BCUT2D eigenvalue weighted by atomic mass is 32.1. The maximum atomic E-state index is 13.5. The fourth-order valence-corrected chi connectivity index (χ4v) is 4.93. The molecule has 0 saturated carbocycles. The Kier molecular flexibility index (Phi) is 6.27. The number of nitro benzene ring substituents is 1. The van der Waals surface area contributed by atoms with Crippen molar-refractivity contribution in [3.63, 3.8) is 0 Å². The van der Waals surface area contributed by atoms with Gasteiger partial charge in [-0.2, -0.15) is 0 Å². The van der Waals surface area contributed by atoms with Gasteiger partial charge in [0, 0.05) is 23.3 Å². The monoisotopic (exact) mass is 495 g/mol. The molecule has 0 fully saturated rings. The third kappa shape index (κ3) is 4.33. The molecule has 0 amide bonds. The van der Waals surface area contributed by atoms with Gasteiger partial charge in [-0.05, 0) is 44.5 Å². The van der Waals surface area contributed by atoms with Crippen molar-refractivity contribution >= 4 is 29.1 Å². The number of phenols is 2. The SMILES string of the molecule is CCOC(=O)C1=C(C)N=c2s/c(=C/c3ccc(O)cc3O)c(=O)n2[C@H]1c1ccc(C)c([N+](=O)[O-])c1. The lowest BCUT2D eigenvalue weighted by atomic mass is 9.94. The molecule has 1 atom stereocenters. The second-order valence-corrected chi connectivity index (χ2v) is 8.86.